The number of methoxy groups -OCH3 is 1. The quantitative estimate of drug-likeness (QED) is 0.743. The number of nitrogens with one attached hydrogen (secondary N) is 1. The molecule has 0 atom stereocenters. The van der Waals surface area contributed by atoms with Gasteiger partial charge in [0.2, 0.25) is 5.91 Å². The molecular formula is C22H27N3O3. The second-order valence-corrected chi connectivity index (χ2v) is 7.00. The maximum atomic E-state index is 12.2. The Balaban J connectivity index is 1.38. The van der Waals surface area contributed by atoms with E-state index in [9.17, 15) is 9.59 Å². The van der Waals surface area contributed by atoms with Crippen LogP contribution < -0.4 is 5.32 Å². The summed E-state index contributed by atoms with van der Waals surface area (Å²) in [5, 5.41) is 2.98. The van der Waals surface area contributed by atoms with Gasteiger partial charge in [0.05, 0.1) is 19.2 Å². The van der Waals surface area contributed by atoms with Crippen molar-refractivity contribution in [3.8, 4) is 0 Å². The van der Waals surface area contributed by atoms with Gasteiger partial charge in [0.15, 0.2) is 0 Å². The molecule has 0 saturated carbocycles. The first kappa shape index (κ1) is 20.0. The first-order valence-electron chi connectivity index (χ1n) is 9.56. The smallest absolute Gasteiger partial charge is 0.337 e. The number of benzene rings is 2. The molecule has 1 N–H and O–H groups in total. The van der Waals surface area contributed by atoms with E-state index in [1.165, 1.54) is 12.7 Å². The molecule has 1 aliphatic rings. The molecule has 0 spiro atoms. The van der Waals surface area contributed by atoms with Crippen molar-refractivity contribution in [1.82, 2.24) is 15.1 Å². The van der Waals surface area contributed by atoms with E-state index >= 15 is 0 Å². The van der Waals surface area contributed by atoms with Crippen LogP contribution in [0.4, 0.5) is 0 Å². The Bertz CT molecular complexity index is 769. The number of carbonyl (C=O) groups excluding carboxylic acids is 2. The molecule has 6 heteroatoms. The maximum Gasteiger partial charge on any atom is 0.337 e. The van der Waals surface area contributed by atoms with Crippen LogP contribution in [0.2, 0.25) is 0 Å². The molecule has 0 unspecified atom stereocenters. The van der Waals surface area contributed by atoms with Gasteiger partial charge in [-0.15, -0.1) is 0 Å². The molecule has 148 valence electrons. The van der Waals surface area contributed by atoms with Gasteiger partial charge in [0, 0.05) is 39.3 Å². The van der Waals surface area contributed by atoms with Crippen molar-refractivity contribution in [3.05, 3.63) is 71.3 Å². The van der Waals surface area contributed by atoms with E-state index in [1.807, 2.05) is 42.5 Å². The average Bonchev–Trinajstić information content (AvgIpc) is 2.74. The monoisotopic (exact) mass is 381 g/mol. The van der Waals surface area contributed by atoms with Gasteiger partial charge in [-0.25, -0.2) is 4.79 Å². The molecule has 28 heavy (non-hydrogen) atoms. The summed E-state index contributed by atoms with van der Waals surface area (Å²) >= 11 is 0. The number of hydrogen-bond donors (Lipinski definition) is 1. The summed E-state index contributed by atoms with van der Waals surface area (Å²) in [5.41, 5.74) is 2.85. The van der Waals surface area contributed by atoms with Crippen LogP contribution in [0, 0.1) is 0 Å². The highest BCUT2D eigenvalue weighted by molar-refractivity contribution is 5.89. The Labute approximate surface area is 166 Å². The molecule has 1 aliphatic heterocycles. The molecule has 0 aromatic heterocycles. The lowest BCUT2D eigenvalue weighted by atomic mass is 10.1. The largest absolute Gasteiger partial charge is 0.465 e. The number of amides is 1. The molecule has 0 aliphatic carbocycles. The van der Waals surface area contributed by atoms with Crippen LogP contribution in [0.15, 0.2) is 54.6 Å². The van der Waals surface area contributed by atoms with Gasteiger partial charge >= 0.3 is 5.97 Å². The van der Waals surface area contributed by atoms with Gasteiger partial charge < -0.3 is 10.1 Å². The van der Waals surface area contributed by atoms with E-state index < -0.39 is 0 Å². The highest BCUT2D eigenvalue weighted by Gasteiger charge is 2.19. The van der Waals surface area contributed by atoms with E-state index in [4.69, 9.17) is 4.74 Å². The molecular weight excluding hydrogens is 354 g/mol. The zero-order valence-corrected chi connectivity index (χ0v) is 16.3. The Morgan fingerprint density at radius 3 is 2.18 bits per heavy atom. The molecule has 6 nitrogen and oxygen atoms in total. The summed E-state index contributed by atoms with van der Waals surface area (Å²) in [7, 11) is 1.39. The van der Waals surface area contributed by atoms with E-state index in [0.29, 0.717) is 18.7 Å². The lowest BCUT2D eigenvalue weighted by Gasteiger charge is -2.34. The summed E-state index contributed by atoms with van der Waals surface area (Å²) in [4.78, 5) is 28.2. The number of ether oxygens (including phenoxy) is 1. The minimum Gasteiger partial charge on any atom is -0.465 e. The number of piperazine rings is 1. The summed E-state index contributed by atoms with van der Waals surface area (Å²) < 4.78 is 4.72. The van der Waals surface area contributed by atoms with Crippen LogP contribution in [0.5, 0.6) is 0 Å². The Hall–Kier alpha value is -2.70. The predicted octanol–water partition coefficient (Wildman–Crippen LogP) is 1.91. The van der Waals surface area contributed by atoms with Gasteiger partial charge in [-0.2, -0.15) is 0 Å². The van der Waals surface area contributed by atoms with Crippen molar-refractivity contribution >= 4 is 11.9 Å². The summed E-state index contributed by atoms with van der Waals surface area (Å²) in [6.45, 7) is 5.44. The van der Waals surface area contributed by atoms with E-state index in [2.05, 4.69) is 15.1 Å². The third kappa shape index (κ3) is 5.90. The SMILES string of the molecule is COC(=O)c1ccc(CN2CCN(CC(=O)NCc3ccccc3)CC2)cc1. The molecule has 2 aromatic carbocycles. The number of carbonyl (C=O) groups is 2. The van der Waals surface area contributed by atoms with Crippen LogP contribution in [0.1, 0.15) is 21.5 Å². The standard InChI is InChI=1S/C22H27N3O3/c1-28-22(27)20-9-7-19(8-10-20)16-24-11-13-25(14-12-24)17-21(26)23-15-18-5-3-2-4-6-18/h2-10H,11-17H2,1H3,(H,23,26). The molecule has 3 rings (SSSR count). The van der Waals surface area contributed by atoms with E-state index in [-0.39, 0.29) is 11.9 Å². The highest BCUT2D eigenvalue weighted by Crippen LogP contribution is 2.11. The molecule has 0 bridgehead atoms. The normalized spacial score (nSPS) is 15.2. The number of nitrogens with zero attached hydrogens (tertiary/aromatic N) is 2. The van der Waals surface area contributed by atoms with Crippen LogP contribution >= 0.6 is 0 Å². The van der Waals surface area contributed by atoms with Crippen molar-refractivity contribution in [3.63, 3.8) is 0 Å². The fourth-order valence-corrected chi connectivity index (χ4v) is 3.28. The molecule has 1 saturated heterocycles. The van der Waals surface area contributed by atoms with Gasteiger partial charge in [-0.3, -0.25) is 14.6 Å². The van der Waals surface area contributed by atoms with Crippen molar-refractivity contribution in [1.29, 1.82) is 0 Å². The van der Waals surface area contributed by atoms with Gasteiger partial charge in [-0.05, 0) is 23.3 Å². The zero-order chi connectivity index (χ0) is 19.8. The highest BCUT2D eigenvalue weighted by atomic mass is 16.5. The second kappa shape index (κ2) is 10.0. The third-order valence-electron chi connectivity index (χ3n) is 4.95. The zero-order valence-electron chi connectivity index (χ0n) is 16.3. The van der Waals surface area contributed by atoms with Gasteiger partial charge in [0.1, 0.15) is 0 Å². The summed E-state index contributed by atoms with van der Waals surface area (Å²) in [6, 6.07) is 17.5. The van der Waals surface area contributed by atoms with Gasteiger partial charge in [-0.1, -0.05) is 42.5 Å². The molecule has 1 amide bonds. The maximum absolute atomic E-state index is 12.2. The fourth-order valence-electron chi connectivity index (χ4n) is 3.28. The number of rotatable bonds is 7. The minimum absolute atomic E-state index is 0.0655. The summed E-state index contributed by atoms with van der Waals surface area (Å²) in [6.07, 6.45) is 0. The average molecular weight is 381 g/mol. The second-order valence-electron chi connectivity index (χ2n) is 7.00. The Morgan fingerprint density at radius 2 is 1.54 bits per heavy atom. The summed E-state index contributed by atoms with van der Waals surface area (Å²) in [5.74, 6) is -0.249. The lowest BCUT2D eigenvalue weighted by Crippen LogP contribution is -2.49. The fraction of sp³-hybridized carbons (Fsp3) is 0.364. The van der Waals surface area contributed by atoms with Crippen molar-refractivity contribution in [2.24, 2.45) is 0 Å². The first-order chi connectivity index (χ1) is 13.6. The lowest BCUT2D eigenvalue weighted by molar-refractivity contribution is -0.122. The number of esters is 1. The van der Waals surface area contributed by atoms with Crippen LogP contribution in [-0.2, 0) is 22.6 Å². The van der Waals surface area contributed by atoms with Gasteiger partial charge in [0.25, 0.3) is 0 Å². The molecule has 2 aromatic rings. The minimum atomic E-state index is -0.314. The third-order valence-corrected chi connectivity index (χ3v) is 4.95. The molecule has 0 radical (unpaired) electrons. The van der Waals surface area contributed by atoms with Crippen molar-refractivity contribution < 1.29 is 14.3 Å². The predicted molar refractivity (Wildman–Crippen MR) is 108 cm³/mol. The Kier molecular flexibility index (Phi) is 7.17. The van der Waals surface area contributed by atoms with E-state index in [0.717, 1.165) is 38.3 Å². The topological polar surface area (TPSA) is 61.9 Å². The van der Waals surface area contributed by atoms with Crippen LogP contribution in [0.3, 0.4) is 0 Å². The number of hydrogen-bond acceptors (Lipinski definition) is 5. The van der Waals surface area contributed by atoms with Crippen LogP contribution in [-0.4, -0.2) is 61.5 Å². The molecule has 1 heterocycles. The Morgan fingerprint density at radius 1 is 0.893 bits per heavy atom. The van der Waals surface area contributed by atoms with Crippen LogP contribution in [0.25, 0.3) is 0 Å². The molecule has 1 fully saturated rings. The first-order valence-corrected chi connectivity index (χ1v) is 9.56. The van der Waals surface area contributed by atoms with Crippen molar-refractivity contribution in [2.45, 2.75) is 13.1 Å². The van der Waals surface area contributed by atoms with E-state index in [1.54, 1.807) is 12.1 Å². The van der Waals surface area contributed by atoms with Crippen molar-refractivity contribution in [2.75, 3.05) is 39.8 Å².